The molecule has 0 bridgehead atoms. The minimum Gasteiger partial charge on any atom is -0.343 e. The van der Waals surface area contributed by atoms with Gasteiger partial charge in [-0.2, -0.15) is 0 Å². The molecule has 48 valence electrons. The van der Waals surface area contributed by atoms with Crippen molar-refractivity contribution in [3.05, 3.63) is 10.4 Å². The van der Waals surface area contributed by atoms with Gasteiger partial charge < -0.3 is 10.2 Å². The smallest absolute Gasteiger partial charge is 0.288 e. The normalized spacial score (nSPS) is 8.78. The summed E-state index contributed by atoms with van der Waals surface area (Å²) in [6.45, 7) is 0. The Kier molecular flexibility index (Phi) is 2.51. The van der Waals surface area contributed by atoms with Crippen LogP contribution >= 0.6 is 0 Å². The molecule has 0 aromatic heterocycles. The van der Waals surface area contributed by atoms with Crippen molar-refractivity contribution in [1.29, 1.82) is 0 Å². The number of nitrogens with two attached hydrogens (primary N) is 1. The lowest BCUT2D eigenvalue weighted by molar-refractivity contribution is -0.102. The molecule has 0 aromatic rings. The van der Waals surface area contributed by atoms with Crippen molar-refractivity contribution in [2.24, 2.45) is 10.8 Å². The van der Waals surface area contributed by atoms with Crippen molar-refractivity contribution in [2.45, 2.75) is 5.91 Å². The van der Waals surface area contributed by atoms with E-state index in [-0.39, 0.29) is 0 Å². The van der Waals surface area contributed by atoms with Crippen molar-refractivity contribution >= 4 is 0 Å². The third-order valence-electron chi connectivity index (χ3n) is 0.335. The Morgan fingerprint density at radius 2 is 2.22 bits per heavy atom. The predicted molar refractivity (Wildman–Crippen MR) is 28.3 cm³/mol. The zero-order valence-electron chi connectivity index (χ0n) is 4.31. The van der Waals surface area contributed by atoms with Gasteiger partial charge in [0.1, 0.15) is 0 Å². The van der Waals surface area contributed by atoms with Gasteiger partial charge in [0.15, 0.2) is 0 Å². The van der Waals surface area contributed by atoms with Gasteiger partial charge in [-0.25, -0.2) is 0 Å². The Hall–Kier alpha value is -1.25. The largest absolute Gasteiger partial charge is 0.343 e. The standard InChI is InChI=1S/C3H4N4O2/c4-3(8,9)1-2-6-7-5/h8-9H,4H2. The van der Waals surface area contributed by atoms with E-state index < -0.39 is 5.91 Å². The second kappa shape index (κ2) is 2.91. The Bertz CT molecular complexity index is 188. The maximum Gasteiger partial charge on any atom is 0.288 e. The maximum atomic E-state index is 8.22. The molecule has 0 saturated heterocycles. The van der Waals surface area contributed by atoms with Crippen molar-refractivity contribution in [1.82, 2.24) is 0 Å². The first kappa shape index (κ1) is 7.75. The Morgan fingerprint density at radius 3 is 2.56 bits per heavy atom. The fourth-order valence-electron chi connectivity index (χ4n) is 0.130. The fraction of sp³-hybridized carbons (Fsp3) is 0.333. The Morgan fingerprint density at radius 1 is 1.67 bits per heavy atom. The average Bonchev–Trinajstić information content (AvgIpc) is 1.63. The van der Waals surface area contributed by atoms with Gasteiger partial charge in [-0.15, -0.1) is 0 Å². The summed E-state index contributed by atoms with van der Waals surface area (Å²) in [4.78, 5) is 2.21. The number of hydrogen-bond acceptors (Lipinski definition) is 4. The van der Waals surface area contributed by atoms with Crippen LogP contribution in [0.4, 0.5) is 0 Å². The highest BCUT2D eigenvalue weighted by molar-refractivity contribution is 5.04. The molecule has 0 aliphatic heterocycles. The summed E-state index contributed by atoms with van der Waals surface area (Å²) in [6.07, 6.45) is 0. The fourth-order valence-corrected chi connectivity index (χ4v) is 0.130. The van der Waals surface area contributed by atoms with E-state index in [1.165, 1.54) is 0 Å². The molecule has 0 spiro atoms. The third kappa shape index (κ3) is 6.75. The predicted octanol–water partition coefficient (Wildman–Crippen LogP) is -1.15. The summed E-state index contributed by atoms with van der Waals surface area (Å²) in [5, 5.41) is 19.1. The summed E-state index contributed by atoms with van der Waals surface area (Å²) >= 11 is 0. The second-order valence-electron chi connectivity index (χ2n) is 1.15. The van der Waals surface area contributed by atoms with Gasteiger partial charge in [-0.1, -0.05) is 0 Å². The molecule has 6 heteroatoms. The molecule has 0 saturated carbocycles. The maximum absolute atomic E-state index is 8.22. The summed E-state index contributed by atoms with van der Waals surface area (Å²) < 4.78 is 0. The minimum absolute atomic E-state index is 1.64. The van der Waals surface area contributed by atoms with Gasteiger partial charge in [0.05, 0.1) is 0 Å². The molecular formula is C3H4N4O2. The molecule has 0 amide bonds. The van der Waals surface area contributed by atoms with E-state index in [4.69, 9.17) is 15.7 Å². The summed E-state index contributed by atoms with van der Waals surface area (Å²) in [5.74, 6) is -0.934. The van der Waals surface area contributed by atoms with E-state index in [0.29, 0.717) is 0 Å². The van der Waals surface area contributed by atoms with Crippen LogP contribution in [0.1, 0.15) is 0 Å². The zero-order valence-corrected chi connectivity index (χ0v) is 4.31. The topological polar surface area (TPSA) is 115 Å². The highest BCUT2D eigenvalue weighted by Crippen LogP contribution is 1.80. The molecule has 0 radical (unpaired) electrons. The van der Waals surface area contributed by atoms with E-state index in [1.807, 2.05) is 0 Å². The molecule has 0 heterocycles. The first-order valence-electron chi connectivity index (χ1n) is 1.86. The molecule has 0 unspecified atom stereocenters. The lowest BCUT2D eigenvalue weighted by atomic mass is 10.5. The first-order valence-corrected chi connectivity index (χ1v) is 1.86. The van der Waals surface area contributed by atoms with Gasteiger partial charge >= 0.3 is 0 Å². The average molecular weight is 128 g/mol. The molecule has 4 N–H and O–H groups in total. The van der Waals surface area contributed by atoms with Crippen LogP contribution in [-0.4, -0.2) is 16.1 Å². The Balaban J connectivity index is 4.03. The first-order chi connectivity index (χ1) is 4.06. The number of azide groups is 1. The van der Waals surface area contributed by atoms with Crippen LogP contribution in [-0.2, 0) is 0 Å². The molecular weight excluding hydrogens is 124 g/mol. The van der Waals surface area contributed by atoms with Crippen LogP contribution < -0.4 is 5.73 Å². The van der Waals surface area contributed by atoms with E-state index in [1.54, 1.807) is 12.0 Å². The lowest BCUT2D eigenvalue weighted by Gasteiger charge is -2.03. The van der Waals surface area contributed by atoms with Crippen LogP contribution in [0.5, 0.6) is 0 Å². The van der Waals surface area contributed by atoms with Crippen molar-refractivity contribution < 1.29 is 10.2 Å². The molecule has 0 atom stereocenters. The molecule has 0 aromatic carbocycles. The Labute approximate surface area is 50.5 Å². The van der Waals surface area contributed by atoms with Crippen LogP contribution in [0.3, 0.4) is 0 Å². The molecule has 6 nitrogen and oxygen atoms in total. The van der Waals surface area contributed by atoms with Crippen molar-refractivity contribution in [2.75, 3.05) is 0 Å². The molecule has 0 aliphatic rings. The van der Waals surface area contributed by atoms with Crippen LogP contribution in [0, 0.1) is 12.0 Å². The highest BCUT2D eigenvalue weighted by atomic mass is 16.5. The van der Waals surface area contributed by atoms with Crippen molar-refractivity contribution in [3.8, 4) is 12.0 Å². The quantitative estimate of drug-likeness (QED) is 0.126. The van der Waals surface area contributed by atoms with Crippen LogP contribution in [0.15, 0.2) is 5.11 Å². The lowest BCUT2D eigenvalue weighted by Crippen LogP contribution is -2.36. The molecule has 0 fully saturated rings. The van der Waals surface area contributed by atoms with Gasteiger partial charge in [-0.05, 0) is 16.6 Å². The second-order valence-corrected chi connectivity index (χ2v) is 1.15. The molecule has 9 heavy (non-hydrogen) atoms. The SMILES string of the molecule is [N-]=[N+]=NC#CC(N)(O)O. The third-order valence-corrected chi connectivity index (χ3v) is 0.335. The summed E-state index contributed by atoms with van der Waals surface area (Å²) in [6, 6.07) is 1.71. The van der Waals surface area contributed by atoms with Gasteiger partial charge in [0.2, 0.25) is 0 Å². The van der Waals surface area contributed by atoms with E-state index in [0.717, 1.165) is 0 Å². The van der Waals surface area contributed by atoms with Crippen molar-refractivity contribution in [3.63, 3.8) is 0 Å². The number of rotatable bonds is 0. The zero-order chi connectivity index (χ0) is 7.33. The number of hydrogen-bond donors (Lipinski definition) is 3. The number of aliphatic hydroxyl groups is 2. The highest BCUT2D eigenvalue weighted by Gasteiger charge is 2.08. The minimum atomic E-state index is -2.58. The van der Waals surface area contributed by atoms with Gasteiger partial charge in [0.25, 0.3) is 5.91 Å². The number of nitrogens with zero attached hydrogens (tertiary/aromatic N) is 3. The van der Waals surface area contributed by atoms with Gasteiger partial charge in [-0.3, -0.25) is 5.73 Å². The monoisotopic (exact) mass is 128 g/mol. The van der Waals surface area contributed by atoms with Crippen LogP contribution in [0.25, 0.3) is 10.4 Å². The molecule has 0 rings (SSSR count). The molecule has 0 aliphatic carbocycles. The summed E-state index contributed by atoms with van der Waals surface area (Å²) in [7, 11) is 0. The van der Waals surface area contributed by atoms with E-state index in [9.17, 15) is 0 Å². The summed E-state index contributed by atoms with van der Waals surface area (Å²) in [5.41, 5.74) is 12.1. The van der Waals surface area contributed by atoms with E-state index in [2.05, 4.69) is 15.8 Å². The van der Waals surface area contributed by atoms with Gasteiger partial charge in [0, 0.05) is 11.0 Å². The van der Waals surface area contributed by atoms with Crippen LogP contribution in [0.2, 0.25) is 0 Å². The van der Waals surface area contributed by atoms with E-state index >= 15 is 0 Å².